The Morgan fingerprint density at radius 2 is 2.16 bits per heavy atom. The molecule has 6 nitrogen and oxygen atoms in total. The van der Waals surface area contributed by atoms with Gasteiger partial charge in [-0.05, 0) is 24.6 Å². The number of nitrogens with one attached hydrogen (secondary N) is 2. The lowest BCUT2D eigenvalue weighted by atomic mass is 10.1. The Hall–Kier alpha value is -2.50. The van der Waals surface area contributed by atoms with Crippen LogP contribution in [-0.4, -0.2) is 23.7 Å². The van der Waals surface area contributed by atoms with Crippen molar-refractivity contribution in [1.82, 2.24) is 5.32 Å². The minimum absolute atomic E-state index is 0.0824. The van der Waals surface area contributed by atoms with E-state index in [1.54, 1.807) is 24.5 Å². The van der Waals surface area contributed by atoms with Crippen molar-refractivity contribution >= 4 is 28.7 Å². The predicted molar refractivity (Wildman–Crippen MR) is 70.2 cm³/mol. The SMILES string of the molecule is CC(=O)NCCc1coc2ccc(NC(=O)O)cc12. The monoisotopic (exact) mass is 262 g/mol. The fourth-order valence-electron chi connectivity index (χ4n) is 1.85. The van der Waals surface area contributed by atoms with Crippen molar-refractivity contribution in [3.63, 3.8) is 0 Å². The van der Waals surface area contributed by atoms with Gasteiger partial charge in [0.1, 0.15) is 5.58 Å². The summed E-state index contributed by atoms with van der Waals surface area (Å²) >= 11 is 0. The summed E-state index contributed by atoms with van der Waals surface area (Å²) in [6, 6.07) is 5.07. The number of anilines is 1. The van der Waals surface area contributed by atoms with E-state index in [1.165, 1.54) is 6.92 Å². The number of carbonyl (C=O) groups is 2. The van der Waals surface area contributed by atoms with Gasteiger partial charge in [0.25, 0.3) is 0 Å². The Morgan fingerprint density at radius 3 is 2.84 bits per heavy atom. The molecule has 2 aromatic rings. The number of benzene rings is 1. The molecule has 100 valence electrons. The van der Waals surface area contributed by atoms with E-state index < -0.39 is 6.09 Å². The second-order valence-electron chi connectivity index (χ2n) is 4.13. The van der Waals surface area contributed by atoms with Crippen molar-refractivity contribution in [2.75, 3.05) is 11.9 Å². The van der Waals surface area contributed by atoms with E-state index >= 15 is 0 Å². The Bertz CT molecular complexity index is 618. The highest BCUT2D eigenvalue weighted by molar-refractivity contribution is 5.90. The first-order valence-electron chi connectivity index (χ1n) is 5.81. The number of carbonyl (C=O) groups excluding carboxylic acids is 1. The topological polar surface area (TPSA) is 91.6 Å². The highest BCUT2D eigenvalue weighted by Crippen LogP contribution is 2.25. The zero-order valence-electron chi connectivity index (χ0n) is 10.4. The van der Waals surface area contributed by atoms with Crippen LogP contribution in [0.15, 0.2) is 28.9 Å². The maximum Gasteiger partial charge on any atom is 0.409 e. The van der Waals surface area contributed by atoms with E-state index in [0.29, 0.717) is 24.2 Å². The first-order valence-corrected chi connectivity index (χ1v) is 5.81. The molecule has 1 aromatic heterocycles. The van der Waals surface area contributed by atoms with Crippen LogP contribution in [0, 0.1) is 0 Å². The van der Waals surface area contributed by atoms with Gasteiger partial charge in [0.2, 0.25) is 5.91 Å². The lowest BCUT2D eigenvalue weighted by Crippen LogP contribution is -2.22. The molecule has 1 heterocycles. The van der Waals surface area contributed by atoms with Gasteiger partial charge >= 0.3 is 6.09 Å². The van der Waals surface area contributed by atoms with Gasteiger partial charge in [-0.2, -0.15) is 0 Å². The van der Waals surface area contributed by atoms with Crippen LogP contribution in [0.1, 0.15) is 12.5 Å². The van der Waals surface area contributed by atoms with Gasteiger partial charge in [-0.3, -0.25) is 10.1 Å². The van der Waals surface area contributed by atoms with Gasteiger partial charge in [-0.25, -0.2) is 4.79 Å². The van der Waals surface area contributed by atoms with Crippen LogP contribution >= 0.6 is 0 Å². The molecule has 0 aliphatic rings. The van der Waals surface area contributed by atoms with E-state index in [-0.39, 0.29) is 5.91 Å². The van der Waals surface area contributed by atoms with Crippen molar-refractivity contribution in [2.45, 2.75) is 13.3 Å². The third-order valence-electron chi connectivity index (χ3n) is 2.67. The van der Waals surface area contributed by atoms with Crippen LogP contribution < -0.4 is 10.6 Å². The number of fused-ring (bicyclic) bond motifs is 1. The van der Waals surface area contributed by atoms with E-state index in [9.17, 15) is 9.59 Å². The largest absolute Gasteiger partial charge is 0.465 e. The maximum absolute atomic E-state index is 10.8. The number of carboxylic acid groups (broad SMARTS) is 1. The lowest BCUT2D eigenvalue weighted by Gasteiger charge is -2.02. The number of amides is 2. The molecule has 0 bridgehead atoms. The molecule has 2 rings (SSSR count). The highest BCUT2D eigenvalue weighted by Gasteiger charge is 2.08. The van der Waals surface area contributed by atoms with E-state index in [0.717, 1.165) is 10.9 Å². The number of rotatable bonds is 4. The molecule has 1 aromatic carbocycles. The average Bonchev–Trinajstić information content (AvgIpc) is 2.71. The van der Waals surface area contributed by atoms with Crippen molar-refractivity contribution in [3.8, 4) is 0 Å². The smallest absolute Gasteiger partial charge is 0.409 e. The van der Waals surface area contributed by atoms with Crippen molar-refractivity contribution in [2.24, 2.45) is 0 Å². The van der Waals surface area contributed by atoms with Crippen LogP contribution in [0.25, 0.3) is 11.0 Å². The van der Waals surface area contributed by atoms with Gasteiger partial charge < -0.3 is 14.8 Å². The fraction of sp³-hybridized carbons (Fsp3) is 0.231. The summed E-state index contributed by atoms with van der Waals surface area (Å²) in [7, 11) is 0. The summed E-state index contributed by atoms with van der Waals surface area (Å²) in [4.78, 5) is 21.4. The summed E-state index contributed by atoms with van der Waals surface area (Å²) in [5.41, 5.74) is 2.11. The molecule has 0 unspecified atom stereocenters. The third kappa shape index (κ3) is 3.25. The van der Waals surface area contributed by atoms with Gasteiger partial charge in [0, 0.05) is 30.1 Å². The first-order chi connectivity index (χ1) is 9.06. The van der Waals surface area contributed by atoms with Gasteiger partial charge in [-0.1, -0.05) is 0 Å². The summed E-state index contributed by atoms with van der Waals surface area (Å²) < 4.78 is 5.38. The van der Waals surface area contributed by atoms with E-state index in [2.05, 4.69) is 10.6 Å². The van der Waals surface area contributed by atoms with Crippen LogP contribution in [0.3, 0.4) is 0 Å². The zero-order chi connectivity index (χ0) is 13.8. The van der Waals surface area contributed by atoms with Crippen LogP contribution in [0.5, 0.6) is 0 Å². The molecular weight excluding hydrogens is 248 g/mol. The van der Waals surface area contributed by atoms with Gasteiger partial charge in [-0.15, -0.1) is 0 Å². The van der Waals surface area contributed by atoms with Crippen molar-refractivity contribution < 1.29 is 19.1 Å². The molecule has 0 spiro atoms. The molecule has 2 amide bonds. The molecule has 0 saturated carbocycles. The van der Waals surface area contributed by atoms with Crippen LogP contribution in [0.4, 0.5) is 10.5 Å². The lowest BCUT2D eigenvalue weighted by molar-refractivity contribution is -0.118. The minimum Gasteiger partial charge on any atom is -0.465 e. The maximum atomic E-state index is 10.8. The zero-order valence-corrected chi connectivity index (χ0v) is 10.4. The minimum atomic E-state index is -1.11. The Labute approximate surface area is 109 Å². The molecule has 0 fully saturated rings. The number of hydrogen-bond acceptors (Lipinski definition) is 3. The molecule has 0 saturated heterocycles. The molecular formula is C13H14N2O4. The fourth-order valence-corrected chi connectivity index (χ4v) is 1.85. The summed E-state index contributed by atoms with van der Waals surface area (Å²) in [5, 5.41) is 14.5. The molecule has 0 atom stereocenters. The van der Waals surface area contributed by atoms with Gasteiger partial charge in [0.05, 0.1) is 6.26 Å². The van der Waals surface area contributed by atoms with Gasteiger partial charge in [0.15, 0.2) is 0 Å². The second-order valence-corrected chi connectivity index (χ2v) is 4.13. The Kier molecular flexibility index (Phi) is 3.70. The molecule has 6 heteroatoms. The molecule has 3 N–H and O–H groups in total. The Balaban J connectivity index is 2.19. The predicted octanol–water partition coefficient (Wildman–Crippen LogP) is 2.20. The molecule has 19 heavy (non-hydrogen) atoms. The Morgan fingerprint density at radius 1 is 1.37 bits per heavy atom. The normalized spacial score (nSPS) is 10.4. The summed E-state index contributed by atoms with van der Waals surface area (Å²) in [6.07, 6.45) is 1.14. The number of furan rings is 1. The summed E-state index contributed by atoms with van der Waals surface area (Å²) in [6.45, 7) is 1.98. The molecule has 0 aliphatic heterocycles. The third-order valence-corrected chi connectivity index (χ3v) is 2.67. The molecule has 0 radical (unpaired) electrons. The summed E-state index contributed by atoms with van der Waals surface area (Å²) in [5.74, 6) is -0.0824. The van der Waals surface area contributed by atoms with E-state index in [4.69, 9.17) is 9.52 Å². The van der Waals surface area contributed by atoms with E-state index in [1.807, 2.05) is 0 Å². The first kappa shape index (κ1) is 12.9. The van der Waals surface area contributed by atoms with Crippen molar-refractivity contribution in [3.05, 3.63) is 30.0 Å². The number of hydrogen-bond donors (Lipinski definition) is 3. The standard InChI is InChI=1S/C13H14N2O4/c1-8(16)14-5-4-9-7-19-12-3-2-10(6-11(9)12)15-13(17)18/h2-3,6-7,15H,4-5H2,1H3,(H,14,16)(H,17,18). The van der Waals surface area contributed by atoms with Crippen molar-refractivity contribution in [1.29, 1.82) is 0 Å². The quantitative estimate of drug-likeness (QED) is 0.787. The molecule has 0 aliphatic carbocycles. The average molecular weight is 262 g/mol. The highest BCUT2D eigenvalue weighted by atomic mass is 16.4. The van der Waals surface area contributed by atoms with Crippen LogP contribution in [0.2, 0.25) is 0 Å². The second kappa shape index (κ2) is 5.43. The van der Waals surface area contributed by atoms with Crippen LogP contribution in [-0.2, 0) is 11.2 Å².